The van der Waals surface area contributed by atoms with E-state index in [0.29, 0.717) is 11.5 Å². The van der Waals surface area contributed by atoms with Gasteiger partial charge in [-0.3, -0.25) is 4.79 Å². The van der Waals surface area contributed by atoms with Crippen LogP contribution in [0.15, 0.2) is 71.6 Å². The Hall–Kier alpha value is -3.63. The molecule has 0 radical (unpaired) electrons. The van der Waals surface area contributed by atoms with E-state index in [1.807, 2.05) is 6.07 Å². The Bertz CT molecular complexity index is 1280. The van der Waals surface area contributed by atoms with Crippen LogP contribution < -0.4 is 24.2 Å². The molecule has 2 N–H and O–H groups in total. The number of sulfonamides is 1. The largest absolute Gasteiger partial charge is 0.495 e. The maximum Gasteiger partial charge on any atom is 0.245 e. The molecule has 34 heavy (non-hydrogen) atoms. The summed E-state index contributed by atoms with van der Waals surface area (Å²) in [5.74, 6) is -0.123. The van der Waals surface area contributed by atoms with Gasteiger partial charge in [-0.2, -0.15) is 4.72 Å². The van der Waals surface area contributed by atoms with Gasteiger partial charge in [0.05, 0.1) is 7.11 Å². The zero-order valence-corrected chi connectivity index (χ0v) is 19.1. The average Bonchev–Trinajstić information content (AvgIpc) is 3.30. The smallest absolute Gasteiger partial charge is 0.245 e. The molecule has 0 bridgehead atoms. The first-order valence-corrected chi connectivity index (χ1v) is 11.9. The van der Waals surface area contributed by atoms with Gasteiger partial charge >= 0.3 is 0 Å². The van der Waals surface area contributed by atoms with E-state index in [0.717, 1.165) is 23.3 Å². The highest BCUT2D eigenvalue weighted by Gasteiger charge is 2.28. The maximum atomic E-state index is 13.8. The number of nitrogens with one attached hydrogen (secondary N) is 2. The zero-order chi connectivity index (χ0) is 24.1. The fourth-order valence-electron chi connectivity index (χ4n) is 3.51. The summed E-state index contributed by atoms with van der Waals surface area (Å²) < 4.78 is 58.1. The molecule has 1 aliphatic rings. The van der Waals surface area contributed by atoms with E-state index in [2.05, 4.69) is 10.0 Å². The van der Waals surface area contributed by atoms with Crippen molar-refractivity contribution in [2.75, 3.05) is 13.9 Å². The van der Waals surface area contributed by atoms with Gasteiger partial charge in [0.2, 0.25) is 22.7 Å². The summed E-state index contributed by atoms with van der Waals surface area (Å²) in [4.78, 5) is 12.7. The number of benzene rings is 3. The Kier molecular flexibility index (Phi) is 6.99. The predicted octanol–water partition coefficient (Wildman–Crippen LogP) is 2.77. The number of amides is 1. The SMILES string of the molecule is COc1ccc(F)cc1S(=O)(=O)NC(Cc1ccccc1)C(=O)NCc1ccc2c(c1)OCO2. The summed E-state index contributed by atoms with van der Waals surface area (Å²) in [5, 5.41) is 2.76. The Morgan fingerprint density at radius 3 is 2.56 bits per heavy atom. The molecule has 0 spiro atoms. The van der Waals surface area contributed by atoms with Crippen LogP contribution in [0.3, 0.4) is 0 Å². The van der Waals surface area contributed by atoms with E-state index in [1.165, 1.54) is 13.2 Å². The summed E-state index contributed by atoms with van der Waals surface area (Å²) in [6.45, 7) is 0.279. The normalized spacial score (nSPS) is 13.4. The summed E-state index contributed by atoms with van der Waals surface area (Å²) in [6, 6.07) is 16.3. The van der Waals surface area contributed by atoms with Crippen molar-refractivity contribution in [1.29, 1.82) is 0 Å². The van der Waals surface area contributed by atoms with Crippen molar-refractivity contribution >= 4 is 15.9 Å². The van der Waals surface area contributed by atoms with Crippen molar-refractivity contribution < 1.29 is 31.8 Å². The summed E-state index contributed by atoms with van der Waals surface area (Å²) >= 11 is 0. The summed E-state index contributed by atoms with van der Waals surface area (Å²) in [7, 11) is -3.01. The number of carbonyl (C=O) groups is 1. The molecule has 3 aromatic rings. The van der Waals surface area contributed by atoms with Crippen LogP contribution in [0.4, 0.5) is 4.39 Å². The first-order chi connectivity index (χ1) is 16.4. The van der Waals surface area contributed by atoms with Crippen LogP contribution in [-0.4, -0.2) is 34.3 Å². The highest BCUT2D eigenvalue weighted by atomic mass is 32.2. The lowest BCUT2D eigenvalue weighted by molar-refractivity contribution is -0.122. The number of carbonyl (C=O) groups excluding carboxylic acids is 1. The number of fused-ring (bicyclic) bond motifs is 1. The van der Waals surface area contributed by atoms with Crippen molar-refractivity contribution in [2.45, 2.75) is 23.9 Å². The van der Waals surface area contributed by atoms with E-state index in [4.69, 9.17) is 14.2 Å². The van der Waals surface area contributed by atoms with Crippen LogP contribution in [0, 0.1) is 5.82 Å². The lowest BCUT2D eigenvalue weighted by Gasteiger charge is -2.20. The van der Waals surface area contributed by atoms with Gasteiger partial charge in [0, 0.05) is 6.54 Å². The molecule has 1 amide bonds. The van der Waals surface area contributed by atoms with Crippen LogP contribution in [-0.2, 0) is 27.8 Å². The minimum Gasteiger partial charge on any atom is -0.495 e. The molecule has 1 aliphatic heterocycles. The van der Waals surface area contributed by atoms with E-state index in [-0.39, 0.29) is 25.5 Å². The van der Waals surface area contributed by atoms with Crippen molar-refractivity contribution in [3.05, 3.63) is 83.7 Å². The predicted molar refractivity (Wildman–Crippen MR) is 122 cm³/mol. The van der Waals surface area contributed by atoms with Gasteiger partial charge in [0.1, 0.15) is 22.5 Å². The lowest BCUT2D eigenvalue weighted by atomic mass is 10.1. The molecule has 178 valence electrons. The Morgan fingerprint density at radius 2 is 1.79 bits per heavy atom. The molecular weight excluding hydrogens is 463 g/mol. The molecule has 1 unspecified atom stereocenters. The minimum absolute atomic E-state index is 0.0341. The third-order valence-corrected chi connectivity index (χ3v) is 6.71. The summed E-state index contributed by atoms with van der Waals surface area (Å²) in [6.07, 6.45) is 0.0880. The van der Waals surface area contributed by atoms with Gasteiger partial charge < -0.3 is 19.5 Å². The molecule has 1 heterocycles. The molecule has 0 aliphatic carbocycles. The quantitative estimate of drug-likeness (QED) is 0.482. The van der Waals surface area contributed by atoms with Crippen LogP contribution in [0.2, 0.25) is 0 Å². The van der Waals surface area contributed by atoms with Crippen LogP contribution in [0.5, 0.6) is 17.2 Å². The van der Waals surface area contributed by atoms with Gasteiger partial charge in [0.25, 0.3) is 0 Å². The standard InChI is InChI=1S/C24H23FN2O6S/c1-31-21-10-8-18(25)13-23(21)34(29,30)27-19(11-16-5-3-2-4-6-16)24(28)26-14-17-7-9-20-22(12-17)33-15-32-20/h2-10,12-13,19,27H,11,14-15H2,1H3,(H,26,28). The topological polar surface area (TPSA) is 103 Å². The van der Waals surface area contributed by atoms with Crippen molar-refractivity contribution in [1.82, 2.24) is 10.0 Å². The Morgan fingerprint density at radius 1 is 1.03 bits per heavy atom. The van der Waals surface area contributed by atoms with Gasteiger partial charge in [-0.05, 0) is 47.9 Å². The number of ether oxygens (including phenoxy) is 3. The van der Waals surface area contributed by atoms with Crippen molar-refractivity contribution in [3.63, 3.8) is 0 Å². The fraction of sp³-hybridized carbons (Fsp3) is 0.208. The van der Waals surface area contributed by atoms with Gasteiger partial charge in [-0.25, -0.2) is 12.8 Å². The molecule has 0 fully saturated rings. The fourth-order valence-corrected chi connectivity index (χ4v) is 4.89. The summed E-state index contributed by atoms with van der Waals surface area (Å²) in [5.41, 5.74) is 1.50. The van der Waals surface area contributed by atoms with Crippen LogP contribution >= 0.6 is 0 Å². The molecule has 8 nitrogen and oxygen atoms in total. The maximum absolute atomic E-state index is 13.8. The van der Waals surface area contributed by atoms with Crippen LogP contribution in [0.25, 0.3) is 0 Å². The molecule has 0 aromatic heterocycles. The first kappa shape index (κ1) is 23.5. The highest BCUT2D eigenvalue weighted by Crippen LogP contribution is 2.32. The molecule has 1 atom stereocenters. The van der Waals surface area contributed by atoms with Crippen molar-refractivity contribution in [2.24, 2.45) is 0 Å². The van der Waals surface area contributed by atoms with E-state index in [9.17, 15) is 17.6 Å². The molecule has 4 rings (SSSR count). The molecule has 0 saturated carbocycles. The molecule has 3 aromatic carbocycles. The van der Waals surface area contributed by atoms with E-state index >= 15 is 0 Å². The second-order valence-corrected chi connectivity index (χ2v) is 9.25. The number of halogens is 1. The Balaban J connectivity index is 1.55. The highest BCUT2D eigenvalue weighted by molar-refractivity contribution is 7.89. The van der Waals surface area contributed by atoms with E-state index in [1.54, 1.807) is 42.5 Å². The second-order valence-electron chi connectivity index (χ2n) is 7.56. The molecule has 0 saturated heterocycles. The van der Waals surface area contributed by atoms with Gasteiger partial charge in [0.15, 0.2) is 11.5 Å². The number of hydrogen-bond donors (Lipinski definition) is 2. The van der Waals surface area contributed by atoms with E-state index < -0.39 is 32.7 Å². The second kappa shape index (κ2) is 10.1. The lowest BCUT2D eigenvalue weighted by Crippen LogP contribution is -2.47. The zero-order valence-electron chi connectivity index (χ0n) is 18.3. The average molecular weight is 487 g/mol. The van der Waals surface area contributed by atoms with Crippen molar-refractivity contribution in [3.8, 4) is 17.2 Å². The monoisotopic (exact) mass is 486 g/mol. The minimum atomic E-state index is -4.29. The van der Waals surface area contributed by atoms with Gasteiger partial charge in [-0.15, -0.1) is 0 Å². The Labute approximate surface area is 196 Å². The number of methoxy groups -OCH3 is 1. The third-order valence-electron chi connectivity index (χ3n) is 5.22. The number of rotatable bonds is 9. The first-order valence-electron chi connectivity index (χ1n) is 10.4. The van der Waals surface area contributed by atoms with Crippen LogP contribution in [0.1, 0.15) is 11.1 Å². The number of hydrogen-bond acceptors (Lipinski definition) is 6. The third kappa shape index (κ3) is 5.46. The van der Waals surface area contributed by atoms with Gasteiger partial charge in [-0.1, -0.05) is 36.4 Å². The molecular formula is C24H23FN2O6S. The molecule has 10 heteroatoms.